The van der Waals surface area contributed by atoms with Gasteiger partial charge in [-0.25, -0.2) is 0 Å². The molecule has 0 fully saturated rings. The van der Waals surface area contributed by atoms with Gasteiger partial charge in [0.05, 0.1) is 13.7 Å². The summed E-state index contributed by atoms with van der Waals surface area (Å²) in [5.41, 5.74) is 0.888. The molecule has 0 aliphatic carbocycles. The van der Waals surface area contributed by atoms with Crippen molar-refractivity contribution in [1.29, 1.82) is 0 Å². The number of ether oxygens (including phenoxy) is 3. The minimum atomic E-state index is 0. The number of hydrogen-bond donors (Lipinski definition) is 2. The number of benzene rings is 1. The van der Waals surface area contributed by atoms with E-state index in [0.29, 0.717) is 24.2 Å². The van der Waals surface area contributed by atoms with Crippen LogP contribution in [0.5, 0.6) is 11.5 Å². The molecule has 1 rings (SSSR count). The van der Waals surface area contributed by atoms with Gasteiger partial charge < -0.3 is 24.8 Å². The van der Waals surface area contributed by atoms with Gasteiger partial charge in [0.25, 0.3) is 0 Å². The summed E-state index contributed by atoms with van der Waals surface area (Å²) >= 11 is 0. The smallest absolute Gasteiger partial charge is 0.195 e. The average molecular weight is 465 g/mol. The van der Waals surface area contributed by atoms with Gasteiger partial charge >= 0.3 is 0 Å². The Bertz CT molecular complexity index is 510. The van der Waals surface area contributed by atoms with Crippen molar-refractivity contribution in [2.75, 3.05) is 45.8 Å². The van der Waals surface area contributed by atoms with E-state index in [0.717, 1.165) is 37.6 Å². The number of nitrogens with zero attached hydrogens (tertiary/aromatic N) is 1. The average Bonchev–Trinajstić information content (AvgIpc) is 2.57. The van der Waals surface area contributed by atoms with Crippen LogP contribution in [-0.4, -0.2) is 46.5 Å². The Kier molecular flexibility index (Phi) is 13.3. The Morgan fingerprint density at radius 3 is 2.60 bits per heavy atom. The van der Waals surface area contributed by atoms with Crippen LogP contribution < -0.4 is 20.1 Å². The molecule has 0 atom stereocenters. The number of aliphatic imine (C=N–C) groups is 1. The lowest BCUT2D eigenvalue weighted by molar-refractivity contribution is 0.108. The fraction of sp³-hybridized carbons (Fsp3) is 0.611. The second kappa shape index (κ2) is 14.0. The van der Waals surface area contributed by atoms with Crippen LogP contribution in [0.25, 0.3) is 0 Å². The predicted octanol–water partition coefficient (Wildman–Crippen LogP) is 3.76. The van der Waals surface area contributed by atoms with Crippen LogP contribution in [0.1, 0.15) is 27.2 Å². The van der Waals surface area contributed by atoms with Crippen molar-refractivity contribution < 1.29 is 14.2 Å². The van der Waals surface area contributed by atoms with Crippen LogP contribution in [0.3, 0.4) is 0 Å². The number of methoxy groups -OCH3 is 1. The summed E-state index contributed by atoms with van der Waals surface area (Å²) in [5, 5.41) is 6.51. The summed E-state index contributed by atoms with van der Waals surface area (Å²) in [6.45, 7) is 9.20. The molecule has 144 valence electrons. The summed E-state index contributed by atoms with van der Waals surface area (Å²) in [7, 11) is 3.38. The van der Waals surface area contributed by atoms with Crippen molar-refractivity contribution >= 4 is 35.6 Å². The zero-order chi connectivity index (χ0) is 17.8. The maximum Gasteiger partial charge on any atom is 0.195 e. The maximum atomic E-state index is 5.56. The van der Waals surface area contributed by atoms with E-state index in [1.165, 1.54) is 0 Å². The third kappa shape index (κ3) is 9.74. The van der Waals surface area contributed by atoms with Gasteiger partial charge in [-0.05, 0) is 31.4 Å². The molecule has 0 unspecified atom stereocenters. The van der Waals surface area contributed by atoms with Crippen molar-refractivity contribution in [3.05, 3.63) is 18.2 Å². The molecular weight excluding hydrogens is 433 g/mol. The third-order valence-electron chi connectivity index (χ3n) is 3.16. The van der Waals surface area contributed by atoms with E-state index in [1.807, 2.05) is 25.1 Å². The van der Waals surface area contributed by atoms with Crippen LogP contribution in [0.2, 0.25) is 0 Å². The quantitative estimate of drug-likeness (QED) is 0.239. The standard InChI is InChI=1S/C18H31N3O3.HI/c1-6-24-16-9-8-15(12-17(16)22-5)21-18(19-4)20-10-7-11-23-13-14(2)3;/h8-9,12,14H,6-7,10-11,13H2,1-5H3,(H2,19,20,21);1H. The van der Waals surface area contributed by atoms with Crippen molar-refractivity contribution in [1.82, 2.24) is 5.32 Å². The second-order valence-electron chi connectivity index (χ2n) is 5.74. The molecule has 1 aromatic carbocycles. The zero-order valence-electron chi connectivity index (χ0n) is 15.9. The molecule has 2 N–H and O–H groups in total. The predicted molar refractivity (Wildman–Crippen MR) is 115 cm³/mol. The molecule has 7 heteroatoms. The van der Waals surface area contributed by atoms with Gasteiger partial charge in [-0.3, -0.25) is 4.99 Å². The highest BCUT2D eigenvalue weighted by Crippen LogP contribution is 2.30. The van der Waals surface area contributed by atoms with Crippen molar-refractivity contribution in [2.45, 2.75) is 27.2 Å². The first kappa shape index (κ1) is 23.8. The van der Waals surface area contributed by atoms with Crippen molar-refractivity contribution in [3.63, 3.8) is 0 Å². The number of hydrogen-bond acceptors (Lipinski definition) is 4. The molecule has 0 spiro atoms. The van der Waals surface area contributed by atoms with Crippen LogP contribution in [0, 0.1) is 5.92 Å². The Morgan fingerprint density at radius 1 is 1.24 bits per heavy atom. The summed E-state index contributed by atoms with van der Waals surface area (Å²) < 4.78 is 16.4. The number of nitrogens with one attached hydrogen (secondary N) is 2. The largest absolute Gasteiger partial charge is 0.493 e. The van der Waals surface area contributed by atoms with Gasteiger partial charge in [0.15, 0.2) is 17.5 Å². The SMILES string of the molecule is CCOc1ccc(NC(=NC)NCCCOCC(C)C)cc1OC.I. The van der Waals surface area contributed by atoms with E-state index in [4.69, 9.17) is 14.2 Å². The summed E-state index contributed by atoms with van der Waals surface area (Å²) in [6, 6.07) is 5.72. The lowest BCUT2D eigenvalue weighted by Gasteiger charge is -2.14. The van der Waals surface area contributed by atoms with Gasteiger partial charge in [0.1, 0.15) is 0 Å². The molecule has 0 saturated carbocycles. The van der Waals surface area contributed by atoms with Crippen LogP contribution >= 0.6 is 24.0 Å². The number of guanidine groups is 1. The molecule has 0 aromatic heterocycles. The van der Waals surface area contributed by atoms with Crippen molar-refractivity contribution in [3.8, 4) is 11.5 Å². The fourth-order valence-corrected chi connectivity index (χ4v) is 2.04. The fourth-order valence-electron chi connectivity index (χ4n) is 2.04. The maximum absolute atomic E-state index is 5.56. The Labute approximate surface area is 168 Å². The van der Waals surface area contributed by atoms with Gasteiger partial charge in [-0.1, -0.05) is 13.8 Å². The first-order valence-electron chi connectivity index (χ1n) is 8.46. The van der Waals surface area contributed by atoms with Crippen LogP contribution in [-0.2, 0) is 4.74 Å². The summed E-state index contributed by atoms with van der Waals surface area (Å²) in [5.74, 6) is 2.71. The molecule has 0 saturated heterocycles. The number of rotatable bonds is 10. The highest BCUT2D eigenvalue weighted by atomic mass is 127. The van der Waals surface area contributed by atoms with E-state index in [-0.39, 0.29) is 24.0 Å². The third-order valence-corrected chi connectivity index (χ3v) is 3.16. The molecule has 6 nitrogen and oxygen atoms in total. The second-order valence-corrected chi connectivity index (χ2v) is 5.74. The number of anilines is 1. The number of halogens is 1. The Hall–Kier alpha value is -1.22. The molecule has 0 bridgehead atoms. The minimum Gasteiger partial charge on any atom is -0.493 e. The van der Waals surface area contributed by atoms with E-state index < -0.39 is 0 Å². The Balaban J connectivity index is 0.00000576. The van der Waals surface area contributed by atoms with Gasteiger partial charge in [-0.15, -0.1) is 24.0 Å². The minimum absolute atomic E-state index is 0. The lowest BCUT2D eigenvalue weighted by Crippen LogP contribution is -2.32. The Morgan fingerprint density at radius 2 is 2.00 bits per heavy atom. The molecule has 0 heterocycles. The van der Waals surface area contributed by atoms with E-state index >= 15 is 0 Å². The molecule has 0 radical (unpaired) electrons. The molecule has 0 amide bonds. The topological polar surface area (TPSA) is 64.1 Å². The van der Waals surface area contributed by atoms with Gasteiger partial charge in [-0.2, -0.15) is 0 Å². The first-order chi connectivity index (χ1) is 11.6. The lowest BCUT2D eigenvalue weighted by atomic mass is 10.2. The van der Waals surface area contributed by atoms with Gasteiger partial charge in [0.2, 0.25) is 0 Å². The highest BCUT2D eigenvalue weighted by molar-refractivity contribution is 14.0. The molecule has 0 aliphatic rings. The summed E-state index contributed by atoms with van der Waals surface area (Å²) in [6.07, 6.45) is 0.931. The first-order valence-corrected chi connectivity index (χ1v) is 8.46. The normalized spacial score (nSPS) is 11.0. The van der Waals surface area contributed by atoms with E-state index in [9.17, 15) is 0 Å². The molecular formula is C18H32IN3O3. The molecule has 25 heavy (non-hydrogen) atoms. The highest BCUT2D eigenvalue weighted by Gasteiger charge is 2.06. The zero-order valence-corrected chi connectivity index (χ0v) is 18.3. The van der Waals surface area contributed by atoms with E-state index in [2.05, 4.69) is 29.5 Å². The monoisotopic (exact) mass is 465 g/mol. The van der Waals surface area contributed by atoms with Crippen LogP contribution in [0.15, 0.2) is 23.2 Å². The summed E-state index contributed by atoms with van der Waals surface area (Å²) in [4.78, 5) is 4.23. The molecule has 0 aliphatic heterocycles. The molecule has 1 aromatic rings. The van der Waals surface area contributed by atoms with Crippen molar-refractivity contribution in [2.24, 2.45) is 10.9 Å². The van der Waals surface area contributed by atoms with Crippen LogP contribution in [0.4, 0.5) is 5.69 Å². The van der Waals surface area contributed by atoms with E-state index in [1.54, 1.807) is 14.2 Å². The van der Waals surface area contributed by atoms with Gasteiger partial charge in [0, 0.05) is 38.6 Å².